The Morgan fingerprint density at radius 1 is 1.19 bits per heavy atom. The maximum Gasteiger partial charge on any atom is 0.257 e. The van der Waals surface area contributed by atoms with E-state index in [1.165, 1.54) is 24.3 Å². The van der Waals surface area contributed by atoms with E-state index in [2.05, 4.69) is 27.6 Å². The molecule has 0 bridgehead atoms. The third kappa shape index (κ3) is 5.72. The van der Waals surface area contributed by atoms with Crippen LogP contribution >= 0.6 is 0 Å². The van der Waals surface area contributed by atoms with E-state index in [-0.39, 0.29) is 5.91 Å². The highest BCUT2D eigenvalue weighted by atomic mass is 19.1. The van der Waals surface area contributed by atoms with Gasteiger partial charge in [0.05, 0.1) is 12.8 Å². The molecule has 0 saturated carbocycles. The minimum absolute atomic E-state index is 0.297. The number of benzene rings is 2. The Bertz CT molecular complexity index is 1110. The molecule has 0 aliphatic rings. The van der Waals surface area contributed by atoms with Crippen molar-refractivity contribution in [1.29, 1.82) is 0 Å². The average molecular weight is 438 g/mol. The van der Waals surface area contributed by atoms with Crippen LogP contribution in [-0.4, -0.2) is 35.3 Å². The minimum Gasteiger partial charge on any atom is -0.497 e. The fraction of sp³-hybridized carbons (Fsp3) is 0.292. The summed E-state index contributed by atoms with van der Waals surface area (Å²) >= 11 is 0. The van der Waals surface area contributed by atoms with Crippen molar-refractivity contribution in [3.63, 3.8) is 0 Å². The van der Waals surface area contributed by atoms with Crippen LogP contribution in [0.25, 0.3) is 0 Å². The number of carbonyl (C=O) groups excluding carboxylic acids is 1. The van der Waals surface area contributed by atoms with Gasteiger partial charge >= 0.3 is 0 Å². The Labute approximate surface area is 187 Å². The molecule has 0 spiro atoms. The van der Waals surface area contributed by atoms with Crippen molar-refractivity contribution >= 4 is 17.6 Å². The lowest BCUT2D eigenvalue weighted by Gasteiger charge is -2.13. The second-order valence-corrected chi connectivity index (χ2v) is 7.26. The van der Waals surface area contributed by atoms with Crippen molar-refractivity contribution in [1.82, 2.24) is 15.1 Å². The topological polar surface area (TPSA) is 80.5 Å². The first-order valence-electron chi connectivity index (χ1n) is 10.5. The number of anilines is 1. The van der Waals surface area contributed by atoms with E-state index in [1.807, 2.05) is 36.7 Å². The summed E-state index contributed by atoms with van der Waals surface area (Å²) in [6.45, 7) is 7.36. The van der Waals surface area contributed by atoms with Crippen LogP contribution in [0.15, 0.2) is 53.5 Å². The predicted octanol–water partition coefficient (Wildman–Crippen LogP) is 4.11. The van der Waals surface area contributed by atoms with Crippen LogP contribution in [0, 0.1) is 19.7 Å². The van der Waals surface area contributed by atoms with Crippen molar-refractivity contribution < 1.29 is 13.9 Å². The summed E-state index contributed by atoms with van der Waals surface area (Å²) in [4.78, 5) is 17.3. The lowest BCUT2D eigenvalue weighted by molar-refractivity contribution is 0.0977. The van der Waals surface area contributed by atoms with Crippen LogP contribution in [0.4, 0.5) is 10.1 Å². The lowest BCUT2D eigenvalue weighted by Crippen LogP contribution is -2.36. The van der Waals surface area contributed by atoms with E-state index >= 15 is 0 Å². The summed E-state index contributed by atoms with van der Waals surface area (Å²) in [6, 6.07) is 12.7. The van der Waals surface area contributed by atoms with Gasteiger partial charge in [-0.3, -0.25) is 19.8 Å². The highest BCUT2D eigenvalue weighted by molar-refractivity contribution is 6.10. The molecule has 1 aromatic heterocycles. The Morgan fingerprint density at radius 3 is 2.59 bits per heavy atom. The Kier molecular flexibility index (Phi) is 7.59. The molecule has 0 atom stereocenters. The Morgan fingerprint density at radius 2 is 1.94 bits per heavy atom. The Hall–Kier alpha value is -3.68. The highest BCUT2D eigenvalue weighted by Crippen LogP contribution is 2.17. The first-order chi connectivity index (χ1) is 15.4. The van der Waals surface area contributed by atoms with Crippen LogP contribution < -0.4 is 15.4 Å². The van der Waals surface area contributed by atoms with Crippen LogP contribution in [-0.2, 0) is 13.0 Å². The molecule has 0 saturated heterocycles. The molecule has 3 aromatic rings. The number of nitrogens with zero attached hydrogens (tertiary/aromatic N) is 3. The SMILES string of the molecule is CCn1nc(C)c(CCN=C(NC(=O)c2ccc(F)cc2)Nc2cccc(OC)c2)c1C. The van der Waals surface area contributed by atoms with Gasteiger partial charge in [-0.2, -0.15) is 5.10 Å². The number of nitrogens with one attached hydrogen (secondary N) is 2. The fourth-order valence-corrected chi connectivity index (χ4v) is 3.41. The van der Waals surface area contributed by atoms with E-state index < -0.39 is 5.82 Å². The average Bonchev–Trinajstić information content (AvgIpc) is 3.07. The van der Waals surface area contributed by atoms with Crippen LogP contribution in [0.5, 0.6) is 5.75 Å². The number of rotatable bonds is 7. The molecule has 3 rings (SSSR count). The van der Waals surface area contributed by atoms with E-state index in [0.29, 0.717) is 35.9 Å². The van der Waals surface area contributed by atoms with Gasteiger partial charge in [-0.05, 0) is 69.2 Å². The first kappa shape index (κ1) is 23.0. The molecule has 0 aliphatic heterocycles. The number of methoxy groups -OCH3 is 1. The Balaban J connectivity index is 1.79. The smallest absolute Gasteiger partial charge is 0.257 e. The van der Waals surface area contributed by atoms with Crippen molar-refractivity contribution in [2.75, 3.05) is 19.0 Å². The molecule has 1 heterocycles. The van der Waals surface area contributed by atoms with Gasteiger partial charge in [-0.25, -0.2) is 4.39 Å². The molecule has 0 unspecified atom stereocenters. The summed E-state index contributed by atoms with van der Waals surface area (Å²) < 4.78 is 20.4. The molecule has 2 N–H and O–H groups in total. The molecule has 0 fully saturated rings. The molecule has 0 radical (unpaired) electrons. The summed E-state index contributed by atoms with van der Waals surface area (Å²) in [5, 5.41) is 10.5. The molecular weight excluding hydrogens is 409 g/mol. The number of hydrogen-bond acceptors (Lipinski definition) is 4. The zero-order valence-electron chi connectivity index (χ0n) is 18.8. The van der Waals surface area contributed by atoms with Gasteiger partial charge in [0.25, 0.3) is 5.91 Å². The number of carbonyl (C=O) groups is 1. The summed E-state index contributed by atoms with van der Waals surface area (Å²) in [6.07, 6.45) is 0.688. The van der Waals surface area contributed by atoms with Crippen molar-refractivity contribution in [3.8, 4) is 5.75 Å². The number of ether oxygens (including phenoxy) is 1. The van der Waals surface area contributed by atoms with Crippen LogP contribution in [0.1, 0.15) is 34.2 Å². The molecule has 168 valence electrons. The minimum atomic E-state index is -0.400. The van der Waals surface area contributed by atoms with Gasteiger partial charge in [-0.1, -0.05) is 6.07 Å². The van der Waals surface area contributed by atoms with Gasteiger partial charge in [0.15, 0.2) is 0 Å². The monoisotopic (exact) mass is 437 g/mol. The third-order valence-corrected chi connectivity index (χ3v) is 5.13. The molecular formula is C24H28FN5O2. The molecule has 8 heteroatoms. The second kappa shape index (κ2) is 10.6. The number of aryl methyl sites for hydroxylation is 2. The standard InChI is InChI=1S/C24H28FN5O2/c1-5-30-17(3)22(16(2)29-30)13-14-26-24(27-20-7-6-8-21(15-20)32-4)28-23(31)18-9-11-19(25)12-10-18/h6-12,15H,5,13-14H2,1-4H3,(H2,26,27,28,31). The van der Waals surface area contributed by atoms with Crippen LogP contribution in [0.3, 0.4) is 0 Å². The molecule has 32 heavy (non-hydrogen) atoms. The summed E-state index contributed by atoms with van der Waals surface area (Å²) in [5.41, 5.74) is 4.31. The number of aromatic nitrogens is 2. The predicted molar refractivity (Wildman–Crippen MR) is 124 cm³/mol. The third-order valence-electron chi connectivity index (χ3n) is 5.13. The molecule has 7 nitrogen and oxygen atoms in total. The quantitative estimate of drug-likeness (QED) is 0.431. The number of hydrogen-bond donors (Lipinski definition) is 2. The van der Waals surface area contributed by atoms with Gasteiger partial charge in [-0.15, -0.1) is 0 Å². The number of halogens is 1. The summed E-state index contributed by atoms with van der Waals surface area (Å²) in [5.74, 6) is 0.192. The second-order valence-electron chi connectivity index (χ2n) is 7.26. The zero-order chi connectivity index (χ0) is 23.1. The number of guanidine groups is 1. The molecule has 0 aliphatic carbocycles. The number of aliphatic imine (C=N–C) groups is 1. The van der Waals surface area contributed by atoms with E-state index in [0.717, 1.165) is 23.5 Å². The first-order valence-corrected chi connectivity index (χ1v) is 10.5. The zero-order valence-corrected chi connectivity index (χ0v) is 18.8. The normalized spacial score (nSPS) is 11.3. The van der Waals surface area contributed by atoms with E-state index in [4.69, 9.17) is 4.74 Å². The lowest BCUT2D eigenvalue weighted by atomic mass is 10.1. The van der Waals surface area contributed by atoms with Gasteiger partial charge in [0.2, 0.25) is 5.96 Å². The molecule has 2 aromatic carbocycles. The van der Waals surface area contributed by atoms with E-state index in [9.17, 15) is 9.18 Å². The fourth-order valence-electron chi connectivity index (χ4n) is 3.41. The van der Waals surface area contributed by atoms with Gasteiger partial charge in [0, 0.05) is 36.1 Å². The highest BCUT2D eigenvalue weighted by Gasteiger charge is 2.12. The largest absolute Gasteiger partial charge is 0.497 e. The number of amides is 1. The van der Waals surface area contributed by atoms with Crippen molar-refractivity contribution in [2.45, 2.75) is 33.7 Å². The van der Waals surface area contributed by atoms with Gasteiger partial charge in [0.1, 0.15) is 11.6 Å². The summed E-state index contributed by atoms with van der Waals surface area (Å²) in [7, 11) is 1.59. The van der Waals surface area contributed by atoms with Crippen molar-refractivity contribution in [3.05, 3.63) is 76.9 Å². The van der Waals surface area contributed by atoms with Gasteiger partial charge < -0.3 is 10.1 Å². The van der Waals surface area contributed by atoms with Crippen LogP contribution in [0.2, 0.25) is 0 Å². The maximum absolute atomic E-state index is 13.2. The molecule has 1 amide bonds. The maximum atomic E-state index is 13.2. The van der Waals surface area contributed by atoms with Crippen molar-refractivity contribution in [2.24, 2.45) is 4.99 Å². The van der Waals surface area contributed by atoms with E-state index in [1.54, 1.807) is 13.2 Å².